The van der Waals surface area contributed by atoms with E-state index in [1.54, 1.807) is 0 Å². The van der Waals surface area contributed by atoms with Crippen molar-refractivity contribution in [3.8, 4) is 0 Å². The Labute approximate surface area is 135 Å². The van der Waals surface area contributed by atoms with Crippen LogP contribution in [0.3, 0.4) is 0 Å². The Balaban J connectivity index is 1.92. The monoisotopic (exact) mass is 311 g/mol. The van der Waals surface area contributed by atoms with Crippen LogP contribution in [0.15, 0.2) is 0 Å². The Morgan fingerprint density at radius 1 is 1.14 bits per heavy atom. The summed E-state index contributed by atoms with van der Waals surface area (Å²) in [5, 5.41) is 9.71. The van der Waals surface area contributed by atoms with Crippen LogP contribution in [0.1, 0.15) is 34.1 Å². The SMILES string of the molecule is CC(C)CN1CCN(C(=O)[C@@H]2CCN(C(C)C)C2)[C@H](CO)C1. The van der Waals surface area contributed by atoms with E-state index < -0.39 is 0 Å². The number of carbonyl (C=O) groups is 1. The van der Waals surface area contributed by atoms with E-state index in [1.165, 1.54) is 0 Å². The molecule has 2 saturated heterocycles. The Bertz CT molecular complexity index is 373. The number of likely N-dealkylation sites (tertiary alicyclic amines) is 1. The highest BCUT2D eigenvalue weighted by Crippen LogP contribution is 2.23. The van der Waals surface area contributed by atoms with E-state index in [4.69, 9.17) is 0 Å². The number of nitrogens with zero attached hydrogens (tertiary/aromatic N) is 3. The van der Waals surface area contributed by atoms with E-state index in [-0.39, 0.29) is 24.5 Å². The van der Waals surface area contributed by atoms with Gasteiger partial charge in [0.15, 0.2) is 0 Å². The summed E-state index contributed by atoms with van der Waals surface area (Å²) < 4.78 is 0. The van der Waals surface area contributed by atoms with Crippen molar-refractivity contribution in [2.24, 2.45) is 11.8 Å². The van der Waals surface area contributed by atoms with Crippen molar-refractivity contribution in [3.05, 3.63) is 0 Å². The van der Waals surface area contributed by atoms with Crippen molar-refractivity contribution in [2.75, 3.05) is 45.9 Å². The molecule has 0 aliphatic carbocycles. The number of rotatable bonds is 5. The molecule has 0 unspecified atom stereocenters. The summed E-state index contributed by atoms with van der Waals surface area (Å²) in [4.78, 5) is 19.5. The van der Waals surface area contributed by atoms with E-state index in [2.05, 4.69) is 37.5 Å². The third-order valence-corrected chi connectivity index (χ3v) is 4.98. The quantitative estimate of drug-likeness (QED) is 0.819. The van der Waals surface area contributed by atoms with E-state index in [9.17, 15) is 9.90 Å². The molecule has 2 atom stereocenters. The Kier molecular flexibility index (Phi) is 6.24. The molecule has 2 heterocycles. The van der Waals surface area contributed by atoms with Gasteiger partial charge in [-0.15, -0.1) is 0 Å². The third kappa shape index (κ3) is 4.21. The second-order valence-corrected chi connectivity index (χ2v) is 7.60. The van der Waals surface area contributed by atoms with Crippen LogP contribution in [0.5, 0.6) is 0 Å². The average Bonchev–Trinajstić information content (AvgIpc) is 2.95. The van der Waals surface area contributed by atoms with E-state index >= 15 is 0 Å². The van der Waals surface area contributed by atoms with Crippen LogP contribution in [0.25, 0.3) is 0 Å². The van der Waals surface area contributed by atoms with E-state index in [0.717, 1.165) is 45.7 Å². The largest absolute Gasteiger partial charge is 0.394 e. The smallest absolute Gasteiger partial charge is 0.227 e. The fourth-order valence-corrected chi connectivity index (χ4v) is 3.74. The summed E-state index contributed by atoms with van der Waals surface area (Å²) in [6.45, 7) is 14.3. The molecule has 0 spiro atoms. The minimum Gasteiger partial charge on any atom is -0.394 e. The van der Waals surface area contributed by atoms with Crippen molar-refractivity contribution in [3.63, 3.8) is 0 Å². The molecule has 5 heteroatoms. The Morgan fingerprint density at radius 3 is 2.41 bits per heavy atom. The molecule has 1 N–H and O–H groups in total. The van der Waals surface area contributed by atoms with E-state index in [0.29, 0.717) is 12.0 Å². The molecule has 0 aromatic heterocycles. The van der Waals surface area contributed by atoms with Gasteiger partial charge in [0.1, 0.15) is 0 Å². The zero-order valence-corrected chi connectivity index (χ0v) is 14.7. The molecule has 128 valence electrons. The molecule has 0 aromatic carbocycles. The molecular weight excluding hydrogens is 278 g/mol. The van der Waals surface area contributed by atoms with Crippen LogP contribution in [0.4, 0.5) is 0 Å². The zero-order chi connectivity index (χ0) is 16.3. The molecule has 5 nitrogen and oxygen atoms in total. The van der Waals surface area contributed by atoms with Gasteiger partial charge in [0.2, 0.25) is 5.91 Å². The number of carbonyl (C=O) groups excluding carboxylic acids is 1. The predicted octanol–water partition coefficient (Wildman–Crippen LogP) is 0.878. The van der Waals surface area contributed by atoms with Gasteiger partial charge in [0.05, 0.1) is 18.6 Å². The van der Waals surface area contributed by atoms with Crippen molar-refractivity contribution in [1.29, 1.82) is 0 Å². The van der Waals surface area contributed by atoms with Crippen molar-refractivity contribution in [2.45, 2.75) is 46.2 Å². The number of amides is 1. The first-order valence-corrected chi connectivity index (χ1v) is 8.80. The van der Waals surface area contributed by atoms with Gasteiger partial charge in [0, 0.05) is 38.8 Å². The second-order valence-electron chi connectivity index (χ2n) is 7.60. The van der Waals surface area contributed by atoms with Crippen LogP contribution in [0.2, 0.25) is 0 Å². The maximum absolute atomic E-state index is 12.8. The first-order chi connectivity index (χ1) is 10.4. The van der Waals surface area contributed by atoms with Gasteiger partial charge in [-0.05, 0) is 32.7 Å². The normalized spacial score (nSPS) is 28.0. The third-order valence-electron chi connectivity index (χ3n) is 4.98. The van der Waals surface area contributed by atoms with Gasteiger partial charge in [0.25, 0.3) is 0 Å². The molecule has 2 rings (SSSR count). The number of hydrogen-bond acceptors (Lipinski definition) is 4. The highest BCUT2D eigenvalue weighted by atomic mass is 16.3. The minimum absolute atomic E-state index is 0.0342. The molecule has 1 amide bonds. The minimum atomic E-state index is -0.0342. The van der Waals surface area contributed by atoms with Gasteiger partial charge in [-0.25, -0.2) is 0 Å². The fourth-order valence-electron chi connectivity index (χ4n) is 3.74. The number of hydrogen-bond donors (Lipinski definition) is 1. The maximum atomic E-state index is 12.8. The Morgan fingerprint density at radius 2 is 1.86 bits per heavy atom. The summed E-state index contributed by atoms with van der Waals surface area (Å²) in [5.74, 6) is 0.996. The molecule has 0 radical (unpaired) electrons. The van der Waals surface area contributed by atoms with Crippen LogP contribution in [0, 0.1) is 11.8 Å². The zero-order valence-electron chi connectivity index (χ0n) is 14.7. The lowest BCUT2D eigenvalue weighted by molar-refractivity contribution is -0.141. The summed E-state index contributed by atoms with van der Waals surface area (Å²) >= 11 is 0. The summed E-state index contributed by atoms with van der Waals surface area (Å²) in [6.07, 6.45) is 0.960. The van der Waals surface area contributed by atoms with Crippen LogP contribution < -0.4 is 0 Å². The highest BCUT2D eigenvalue weighted by molar-refractivity contribution is 5.80. The number of piperazine rings is 1. The molecule has 0 aromatic rings. The lowest BCUT2D eigenvalue weighted by atomic mass is 10.0. The highest BCUT2D eigenvalue weighted by Gasteiger charge is 2.37. The molecule has 0 saturated carbocycles. The fraction of sp³-hybridized carbons (Fsp3) is 0.941. The Hall–Kier alpha value is -0.650. The van der Waals surface area contributed by atoms with Crippen molar-refractivity contribution >= 4 is 5.91 Å². The lowest BCUT2D eigenvalue weighted by Crippen LogP contribution is -2.58. The molecule has 2 aliphatic rings. The maximum Gasteiger partial charge on any atom is 0.227 e. The molecule has 22 heavy (non-hydrogen) atoms. The van der Waals surface area contributed by atoms with Gasteiger partial charge < -0.3 is 14.9 Å². The van der Waals surface area contributed by atoms with Gasteiger partial charge in [-0.3, -0.25) is 9.69 Å². The standard InChI is InChI=1S/C17H33N3O2/c1-13(2)9-18-7-8-20(16(11-18)12-21)17(22)15-5-6-19(10-15)14(3)4/h13-16,21H,5-12H2,1-4H3/t15-,16+/m1/s1. The molecular formula is C17H33N3O2. The van der Waals surface area contributed by atoms with Crippen LogP contribution in [-0.2, 0) is 4.79 Å². The topological polar surface area (TPSA) is 47.0 Å². The first-order valence-electron chi connectivity index (χ1n) is 8.80. The van der Waals surface area contributed by atoms with E-state index in [1.807, 2.05) is 4.90 Å². The van der Waals surface area contributed by atoms with Gasteiger partial charge in [-0.2, -0.15) is 0 Å². The van der Waals surface area contributed by atoms with Crippen molar-refractivity contribution < 1.29 is 9.90 Å². The number of aliphatic hydroxyl groups is 1. The predicted molar refractivity (Wildman–Crippen MR) is 88.7 cm³/mol. The van der Waals surface area contributed by atoms with Crippen molar-refractivity contribution in [1.82, 2.24) is 14.7 Å². The van der Waals surface area contributed by atoms with Crippen LogP contribution in [-0.4, -0.2) is 83.7 Å². The molecule has 2 fully saturated rings. The lowest BCUT2D eigenvalue weighted by Gasteiger charge is -2.42. The number of aliphatic hydroxyl groups excluding tert-OH is 1. The first kappa shape index (κ1) is 17.7. The molecule has 0 bridgehead atoms. The average molecular weight is 311 g/mol. The van der Waals surface area contributed by atoms with Crippen LogP contribution >= 0.6 is 0 Å². The molecule has 2 aliphatic heterocycles. The summed E-state index contributed by atoms with van der Waals surface area (Å²) in [6, 6.07) is 0.474. The van der Waals surface area contributed by atoms with Gasteiger partial charge in [-0.1, -0.05) is 13.8 Å². The van der Waals surface area contributed by atoms with Gasteiger partial charge >= 0.3 is 0 Å². The summed E-state index contributed by atoms with van der Waals surface area (Å²) in [7, 11) is 0. The summed E-state index contributed by atoms with van der Waals surface area (Å²) in [5.41, 5.74) is 0. The second kappa shape index (κ2) is 7.75.